The molecule has 6 atom stereocenters. The number of rotatable bonds is 18. The predicted octanol–water partition coefficient (Wildman–Crippen LogP) is 6.24. The molecule has 0 unspecified atom stereocenters. The van der Waals surface area contributed by atoms with E-state index in [1.807, 2.05) is 112 Å². The van der Waals surface area contributed by atoms with E-state index in [1.54, 1.807) is 14.2 Å². The lowest BCUT2D eigenvalue weighted by Gasteiger charge is -2.53. The molecule has 1 fully saturated rings. The van der Waals surface area contributed by atoms with E-state index in [0.717, 1.165) is 28.2 Å². The van der Waals surface area contributed by atoms with Gasteiger partial charge in [-0.1, -0.05) is 80.6 Å². The second-order valence-electron chi connectivity index (χ2n) is 12.8. The molecule has 1 heterocycles. The van der Waals surface area contributed by atoms with Crippen LogP contribution in [0.2, 0.25) is 0 Å². The van der Waals surface area contributed by atoms with Crippen molar-refractivity contribution in [2.24, 2.45) is 5.41 Å². The molecule has 0 amide bonds. The van der Waals surface area contributed by atoms with Gasteiger partial charge in [0.05, 0.1) is 65.1 Å². The van der Waals surface area contributed by atoms with Crippen molar-refractivity contribution in [2.45, 2.75) is 89.7 Å². The molecular weight excluding hydrogens is 612 g/mol. The number of aliphatic hydroxyl groups is 2. The van der Waals surface area contributed by atoms with Crippen molar-refractivity contribution in [3.05, 3.63) is 108 Å². The molecule has 2 N–H and O–H groups in total. The minimum absolute atomic E-state index is 0.213. The topological polar surface area (TPSA) is 105 Å². The maximum atomic E-state index is 11.3. The molecule has 1 aliphatic rings. The zero-order valence-electron chi connectivity index (χ0n) is 29.0. The van der Waals surface area contributed by atoms with Gasteiger partial charge in [-0.25, -0.2) is 0 Å². The second-order valence-corrected chi connectivity index (χ2v) is 12.8. The summed E-state index contributed by atoms with van der Waals surface area (Å²) >= 11 is 0. The first kappa shape index (κ1) is 37.5. The van der Waals surface area contributed by atoms with Gasteiger partial charge in [0.1, 0.15) is 17.6 Å². The SMILES string of the molecule is COc1ccc(COC/C=C/C(C)(C)[C@]2(OC)O[C@H](C[C@H](OCc3ccc(OC)cc3)[C@H](C)OCc3ccccc3)C[C@H](O)[C@@H]2O)cc1. The summed E-state index contributed by atoms with van der Waals surface area (Å²) in [4.78, 5) is 0. The fourth-order valence-corrected chi connectivity index (χ4v) is 6.04. The Kier molecular flexibility index (Phi) is 14.0. The molecule has 3 aromatic rings. The molecule has 0 aromatic heterocycles. The highest BCUT2D eigenvalue weighted by atomic mass is 16.7. The molecular formula is C39H52O9. The summed E-state index contributed by atoms with van der Waals surface area (Å²) in [5, 5.41) is 22.5. The van der Waals surface area contributed by atoms with Gasteiger partial charge < -0.3 is 43.4 Å². The second kappa shape index (κ2) is 17.9. The van der Waals surface area contributed by atoms with E-state index in [9.17, 15) is 10.2 Å². The fourth-order valence-electron chi connectivity index (χ4n) is 6.04. The molecule has 0 radical (unpaired) electrons. The van der Waals surface area contributed by atoms with Crippen LogP contribution in [0.4, 0.5) is 0 Å². The van der Waals surface area contributed by atoms with Gasteiger partial charge in [0.2, 0.25) is 5.79 Å². The van der Waals surface area contributed by atoms with Gasteiger partial charge in [0.15, 0.2) is 0 Å². The van der Waals surface area contributed by atoms with Gasteiger partial charge in [-0.15, -0.1) is 0 Å². The average Bonchev–Trinajstić information content (AvgIpc) is 3.11. The number of hydrogen-bond acceptors (Lipinski definition) is 9. The monoisotopic (exact) mass is 664 g/mol. The number of aliphatic hydroxyl groups excluding tert-OH is 2. The van der Waals surface area contributed by atoms with Crippen molar-refractivity contribution in [3.63, 3.8) is 0 Å². The summed E-state index contributed by atoms with van der Waals surface area (Å²) in [7, 11) is 4.77. The minimum Gasteiger partial charge on any atom is -0.497 e. The zero-order chi connectivity index (χ0) is 34.6. The Balaban J connectivity index is 1.45. The predicted molar refractivity (Wildman–Crippen MR) is 184 cm³/mol. The third-order valence-electron chi connectivity index (χ3n) is 8.98. The van der Waals surface area contributed by atoms with Gasteiger partial charge in [-0.05, 0) is 47.9 Å². The van der Waals surface area contributed by atoms with Crippen LogP contribution in [0.5, 0.6) is 11.5 Å². The van der Waals surface area contributed by atoms with Crippen molar-refractivity contribution in [1.29, 1.82) is 0 Å². The quantitative estimate of drug-likeness (QED) is 0.121. The van der Waals surface area contributed by atoms with Gasteiger partial charge in [0, 0.05) is 25.4 Å². The van der Waals surface area contributed by atoms with Crippen LogP contribution in [-0.4, -0.2) is 74.5 Å². The molecule has 9 heteroatoms. The van der Waals surface area contributed by atoms with E-state index in [2.05, 4.69) is 0 Å². The van der Waals surface area contributed by atoms with Crippen LogP contribution in [0, 0.1) is 5.41 Å². The van der Waals surface area contributed by atoms with Crippen LogP contribution < -0.4 is 9.47 Å². The van der Waals surface area contributed by atoms with E-state index in [4.69, 9.17) is 33.2 Å². The molecule has 1 aliphatic heterocycles. The first-order chi connectivity index (χ1) is 23.1. The Labute approximate surface area is 285 Å². The third-order valence-corrected chi connectivity index (χ3v) is 8.98. The molecule has 0 saturated carbocycles. The van der Waals surface area contributed by atoms with Crippen molar-refractivity contribution < 1.29 is 43.4 Å². The van der Waals surface area contributed by atoms with Crippen LogP contribution in [0.3, 0.4) is 0 Å². The van der Waals surface area contributed by atoms with Crippen LogP contribution in [0.15, 0.2) is 91.0 Å². The highest BCUT2D eigenvalue weighted by molar-refractivity contribution is 5.27. The Morgan fingerprint density at radius 3 is 1.96 bits per heavy atom. The lowest BCUT2D eigenvalue weighted by atomic mass is 9.75. The summed E-state index contributed by atoms with van der Waals surface area (Å²) in [6.07, 6.45) is 0.867. The van der Waals surface area contributed by atoms with E-state index in [-0.39, 0.29) is 18.6 Å². The molecule has 0 spiro atoms. The van der Waals surface area contributed by atoms with Crippen LogP contribution >= 0.6 is 0 Å². The van der Waals surface area contributed by atoms with E-state index in [0.29, 0.717) is 32.8 Å². The summed E-state index contributed by atoms with van der Waals surface area (Å²) in [6, 6.07) is 25.4. The highest BCUT2D eigenvalue weighted by Gasteiger charge is 2.58. The number of hydrogen-bond donors (Lipinski definition) is 2. The van der Waals surface area contributed by atoms with Crippen LogP contribution in [0.1, 0.15) is 50.3 Å². The molecule has 9 nitrogen and oxygen atoms in total. The zero-order valence-corrected chi connectivity index (χ0v) is 29.0. The normalized spacial score (nSPS) is 22.8. The van der Waals surface area contributed by atoms with Gasteiger partial charge in [-0.3, -0.25) is 0 Å². The molecule has 48 heavy (non-hydrogen) atoms. The summed E-state index contributed by atoms with van der Waals surface area (Å²) in [6.45, 7) is 7.37. The molecule has 0 aliphatic carbocycles. The third kappa shape index (κ3) is 9.89. The van der Waals surface area contributed by atoms with Crippen LogP contribution in [0.25, 0.3) is 0 Å². The number of benzene rings is 3. The van der Waals surface area contributed by atoms with E-state index in [1.165, 1.54) is 7.11 Å². The standard InChI is InChI=1S/C39H52O9/c1-28(46-26-29-11-8-7-9-12-29)36(47-27-31-15-19-33(43-5)20-16-31)24-34-23-35(40)37(41)39(44-6,48-34)38(2,3)21-10-22-45-25-30-13-17-32(42-4)18-14-30/h7-21,28,34-37,40-41H,22-27H2,1-6H3/b21-10+/t28-,34-,35-,36-,37-,39+/m0/s1. The van der Waals surface area contributed by atoms with Gasteiger partial charge >= 0.3 is 0 Å². The van der Waals surface area contributed by atoms with Crippen molar-refractivity contribution in [3.8, 4) is 11.5 Å². The Hall–Kier alpha value is -3.28. The molecule has 0 bridgehead atoms. The Bertz CT molecular complexity index is 1380. The van der Waals surface area contributed by atoms with E-state index >= 15 is 0 Å². The van der Waals surface area contributed by atoms with Gasteiger partial charge in [0.25, 0.3) is 0 Å². The van der Waals surface area contributed by atoms with Crippen molar-refractivity contribution in [1.82, 2.24) is 0 Å². The molecule has 1 saturated heterocycles. The summed E-state index contributed by atoms with van der Waals surface area (Å²) < 4.78 is 41.8. The van der Waals surface area contributed by atoms with Gasteiger partial charge in [-0.2, -0.15) is 0 Å². The average molecular weight is 665 g/mol. The lowest BCUT2D eigenvalue weighted by Crippen LogP contribution is -2.65. The first-order valence-electron chi connectivity index (χ1n) is 16.5. The highest BCUT2D eigenvalue weighted by Crippen LogP contribution is 2.45. The number of methoxy groups -OCH3 is 3. The Morgan fingerprint density at radius 2 is 1.38 bits per heavy atom. The van der Waals surface area contributed by atoms with Crippen molar-refractivity contribution >= 4 is 0 Å². The van der Waals surface area contributed by atoms with E-state index < -0.39 is 29.5 Å². The maximum Gasteiger partial charge on any atom is 0.205 e. The number of ether oxygens (including phenoxy) is 7. The largest absolute Gasteiger partial charge is 0.497 e. The first-order valence-corrected chi connectivity index (χ1v) is 16.5. The summed E-state index contributed by atoms with van der Waals surface area (Å²) in [5.41, 5.74) is 2.23. The summed E-state index contributed by atoms with van der Waals surface area (Å²) in [5.74, 6) is 0.0340. The molecule has 4 rings (SSSR count). The minimum atomic E-state index is -1.53. The maximum absolute atomic E-state index is 11.3. The Morgan fingerprint density at radius 1 is 0.812 bits per heavy atom. The lowest BCUT2D eigenvalue weighted by molar-refractivity contribution is -0.367. The smallest absolute Gasteiger partial charge is 0.205 e. The van der Waals surface area contributed by atoms with Crippen LogP contribution in [-0.2, 0) is 43.5 Å². The van der Waals surface area contributed by atoms with Crippen molar-refractivity contribution in [2.75, 3.05) is 27.9 Å². The molecule has 262 valence electrons. The fraction of sp³-hybridized carbons (Fsp3) is 0.487. The molecule has 3 aromatic carbocycles.